The number of hydrogen-bond donors (Lipinski definition) is 0. The van der Waals surface area contributed by atoms with E-state index in [1.807, 2.05) is 12.1 Å². The molecule has 3 nitrogen and oxygen atoms in total. The van der Waals surface area contributed by atoms with Crippen LogP contribution in [0.3, 0.4) is 0 Å². The smallest absolute Gasteiger partial charge is 0.221 e. The van der Waals surface area contributed by atoms with E-state index < -0.39 is 10.8 Å². The molecule has 4 rings (SSSR count). The first kappa shape index (κ1) is 18.5. The lowest BCUT2D eigenvalue weighted by Crippen LogP contribution is -2.15. The monoisotopic (exact) mass is 479 g/mol. The van der Waals surface area contributed by atoms with Gasteiger partial charge in [-0.1, -0.05) is 15.9 Å². The van der Waals surface area contributed by atoms with E-state index in [1.54, 1.807) is 0 Å². The van der Waals surface area contributed by atoms with Crippen molar-refractivity contribution in [2.45, 2.75) is 18.2 Å². The fourth-order valence-electron chi connectivity index (χ4n) is 3.46. The Balaban J connectivity index is 1.69. The number of nitrogens with zero attached hydrogens (tertiary/aromatic N) is 1. The molecule has 2 atom stereocenters. The molecule has 0 spiro atoms. The molecule has 1 saturated carbocycles. The summed E-state index contributed by atoms with van der Waals surface area (Å²) in [6.07, 6.45) is 0. The van der Waals surface area contributed by atoms with Crippen molar-refractivity contribution in [2.75, 3.05) is 13.2 Å². The zero-order chi connectivity index (χ0) is 18.0. The van der Waals surface area contributed by atoms with Gasteiger partial charge in [0.15, 0.2) is 0 Å². The van der Waals surface area contributed by atoms with Crippen LogP contribution in [0.1, 0.15) is 11.4 Å². The summed E-state index contributed by atoms with van der Waals surface area (Å²) in [6.45, 7) is 2.48. The van der Waals surface area contributed by atoms with Gasteiger partial charge in [-0.25, -0.2) is 0 Å². The molecule has 0 radical (unpaired) electrons. The van der Waals surface area contributed by atoms with Crippen LogP contribution in [0, 0.1) is 25.7 Å². The first-order chi connectivity index (χ1) is 11.7. The summed E-state index contributed by atoms with van der Waals surface area (Å²) in [5, 5.41) is 0.971. The van der Waals surface area contributed by atoms with Gasteiger partial charge >= 0.3 is 0 Å². The van der Waals surface area contributed by atoms with E-state index >= 15 is 0 Å². The Morgan fingerprint density at radius 3 is 2.28 bits per heavy atom. The summed E-state index contributed by atoms with van der Waals surface area (Å²) in [5.41, 5.74) is 3.25. The highest BCUT2D eigenvalue weighted by atomic mass is 79.9. The number of aryl methyl sites for hydroxylation is 1. The fourth-order valence-corrected chi connectivity index (χ4v) is 7.28. The Morgan fingerprint density at radius 1 is 1.16 bits per heavy atom. The van der Waals surface area contributed by atoms with Crippen molar-refractivity contribution in [3.8, 4) is 5.69 Å². The lowest BCUT2D eigenvalue weighted by atomic mass is 10.3. The van der Waals surface area contributed by atoms with E-state index in [0.29, 0.717) is 13.2 Å². The Morgan fingerprint density at radius 2 is 1.72 bits per heavy atom. The first-order valence-electron chi connectivity index (χ1n) is 7.96. The highest BCUT2D eigenvalue weighted by molar-refractivity contribution is 9.10. The van der Waals surface area contributed by atoms with Crippen LogP contribution in [-0.4, -0.2) is 22.1 Å². The molecule has 134 valence electrons. The van der Waals surface area contributed by atoms with Crippen LogP contribution in [0.25, 0.3) is 5.69 Å². The van der Waals surface area contributed by atoms with Gasteiger partial charge in [0.1, 0.15) is 4.33 Å². The molecule has 2 aromatic rings. The zero-order valence-electron chi connectivity index (χ0n) is 13.7. The van der Waals surface area contributed by atoms with Crippen LogP contribution < -0.4 is 5.30 Å². The van der Waals surface area contributed by atoms with Crippen LogP contribution in [0.4, 0.5) is 0 Å². The molecule has 8 heteroatoms. The largest absolute Gasteiger partial charge is 0.326 e. The average molecular weight is 481 g/mol. The minimum Gasteiger partial charge on any atom is -0.326 e. The summed E-state index contributed by atoms with van der Waals surface area (Å²) < 4.78 is 14.7. The minimum atomic E-state index is -2.56. The fraction of sp³-hybridized carbons (Fsp3) is 0.412. The number of hydrogen-bond acceptors (Lipinski definition) is 3. The number of rotatable bonds is 2. The Hall–Kier alpha value is 0.130. The molecule has 2 fully saturated rings. The van der Waals surface area contributed by atoms with Gasteiger partial charge in [-0.05, 0) is 56.0 Å². The predicted octanol–water partition coefficient (Wildman–Crippen LogP) is 5.26. The Labute approximate surface area is 170 Å². The van der Waals surface area contributed by atoms with Crippen LogP contribution >= 0.6 is 45.6 Å². The molecule has 1 aromatic carbocycles. The molecule has 0 N–H and O–H groups in total. The zero-order valence-corrected chi connectivity index (χ0v) is 18.5. The second-order valence-corrected chi connectivity index (χ2v) is 12.3. The van der Waals surface area contributed by atoms with Crippen molar-refractivity contribution in [3.63, 3.8) is 0 Å². The summed E-state index contributed by atoms with van der Waals surface area (Å²) in [5.74, 6) is 0.214. The maximum Gasteiger partial charge on any atom is 0.221 e. The third-order valence-corrected chi connectivity index (χ3v) is 9.89. The van der Waals surface area contributed by atoms with Gasteiger partial charge in [-0.3, -0.25) is 0 Å². The lowest BCUT2D eigenvalue weighted by molar-refractivity contribution is 0.274. The van der Waals surface area contributed by atoms with Crippen molar-refractivity contribution in [1.29, 1.82) is 0 Å². The van der Waals surface area contributed by atoms with Crippen molar-refractivity contribution in [3.05, 3.63) is 46.2 Å². The topological polar surface area (TPSA) is 23.4 Å². The molecule has 2 aliphatic rings. The van der Waals surface area contributed by atoms with Gasteiger partial charge in [0.25, 0.3) is 0 Å². The normalized spacial score (nSPS) is 30.6. The van der Waals surface area contributed by atoms with Crippen molar-refractivity contribution < 1.29 is 9.05 Å². The van der Waals surface area contributed by atoms with E-state index in [0.717, 1.165) is 26.9 Å². The molecule has 0 amide bonds. The van der Waals surface area contributed by atoms with Gasteiger partial charge in [-0.15, -0.1) is 23.2 Å². The molecule has 0 bridgehead atoms. The number of alkyl halides is 2. The molecular formula is C17H17BrCl2NO2PS. The molecular weight excluding hydrogens is 464 g/mol. The molecule has 1 aromatic heterocycles. The average Bonchev–Trinajstić information content (AvgIpc) is 3.03. The summed E-state index contributed by atoms with van der Waals surface area (Å²) in [7, 11) is 0. The van der Waals surface area contributed by atoms with Crippen molar-refractivity contribution in [2.24, 2.45) is 11.8 Å². The van der Waals surface area contributed by atoms with Crippen LogP contribution in [-0.2, 0) is 20.9 Å². The lowest BCUT2D eigenvalue weighted by Gasteiger charge is -2.22. The van der Waals surface area contributed by atoms with Gasteiger partial charge in [-0.2, -0.15) is 0 Å². The Bertz CT molecular complexity index is 864. The van der Waals surface area contributed by atoms with E-state index in [-0.39, 0.29) is 11.8 Å². The number of benzene rings is 1. The van der Waals surface area contributed by atoms with Gasteiger partial charge in [0.05, 0.1) is 18.5 Å². The standard InChI is InChI=1S/C17H17BrCl2NO2PS/c1-10-7-16(11(2)21(10)13-5-3-12(18)4-6-13)24(25)22-8-14-15(9-23-24)17(14,19)20/h3-7,14-15H,8-9H2,1-2H3. The Kier molecular flexibility index (Phi) is 4.69. The second kappa shape index (κ2) is 6.34. The van der Waals surface area contributed by atoms with Gasteiger partial charge in [0.2, 0.25) is 6.49 Å². The SMILES string of the molecule is Cc1cc(P2(=S)OCC3C(CO2)C3(Cl)Cl)c(C)n1-c1ccc(Br)cc1. The molecule has 1 aliphatic heterocycles. The highest BCUT2D eigenvalue weighted by Crippen LogP contribution is 2.65. The second-order valence-electron chi connectivity index (χ2n) is 6.54. The van der Waals surface area contributed by atoms with Crippen molar-refractivity contribution in [1.82, 2.24) is 4.57 Å². The molecule has 1 saturated heterocycles. The van der Waals surface area contributed by atoms with Crippen LogP contribution in [0.15, 0.2) is 34.8 Å². The quantitative estimate of drug-likeness (QED) is 0.432. The van der Waals surface area contributed by atoms with Gasteiger partial charge < -0.3 is 13.6 Å². The van der Waals surface area contributed by atoms with E-state index in [1.165, 1.54) is 0 Å². The molecule has 1 aliphatic carbocycles. The number of halogens is 3. The third-order valence-electron chi connectivity index (χ3n) is 5.00. The van der Waals surface area contributed by atoms with Crippen LogP contribution in [0.5, 0.6) is 0 Å². The maximum atomic E-state index is 6.25. The van der Waals surface area contributed by atoms with E-state index in [2.05, 4.69) is 52.5 Å². The predicted molar refractivity (Wildman–Crippen MR) is 110 cm³/mol. The summed E-state index contributed by atoms with van der Waals surface area (Å²) in [4.78, 5) is 0. The molecule has 2 unspecified atom stereocenters. The number of aromatic nitrogens is 1. The first-order valence-corrected chi connectivity index (χ1v) is 12.1. The highest BCUT2D eigenvalue weighted by Gasteiger charge is 2.65. The summed E-state index contributed by atoms with van der Waals surface area (Å²) in [6, 6.07) is 10.3. The molecule has 25 heavy (non-hydrogen) atoms. The van der Waals surface area contributed by atoms with Crippen molar-refractivity contribution >= 4 is 62.7 Å². The summed E-state index contributed by atoms with van der Waals surface area (Å²) >= 11 is 21.8. The maximum absolute atomic E-state index is 6.25. The number of fused-ring (bicyclic) bond motifs is 1. The minimum absolute atomic E-state index is 0.107. The third kappa shape index (κ3) is 3.06. The van der Waals surface area contributed by atoms with E-state index in [4.69, 9.17) is 44.1 Å². The van der Waals surface area contributed by atoms with Gasteiger partial charge in [0, 0.05) is 33.4 Å². The van der Waals surface area contributed by atoms with E-state index in [9.17, 15) is 0 Å². The molecule has 2 heterocycles. The van der Waals surface area contributed by atoms with Crippen LogP contribution in [0.2, 0.25) is 0 Å².